The lowest BCUT2D eigenvalue weighted by atomic mass is 9.75. The minimum Gasteiger partial charge on any atom is -0.475 e. The zero-order valence-electron chi connectivity index (χ0n) is 19.9. The summed E-state index contributed by atoms with van der Waals surface area (Å²) in [5, 5.41) is 11.5. The minimum absolute atomic E-state index is 0.197. The van der Waals surface area contributed by atoms with Crippen LogP contribution < -0.4 is 0 Å². The zero-order valence-corrected chi connectivity index (χ0v) is 20.7. The van der Waals surface area contributed by atoms with Gasteiger partial charge in [0.1, 0.15) is 0 Å². The number of carboxylic acids is 1. The van der Waals surface area contributed by atoms with Crippen LogP contribution in [0.2, 0.25) is 0 Å². The van der Waals surface area contributed by atoms with E-state index in [-0.39, 0.29) is 11.3 Å². The van der Waals surface area contributed by atoms with E-state index in [4.69, 9.17) is 14.9 Å². The van der Waals surface area contributed by atoms with E-state index in [2.05, 4.69) is 51.2 Å². The fourth-order valence-corrected chi connectivity index (χ4v) is 5.73. The molecule has 0 radical (unpaired) electrons. The number of aromatic nitrogens is 2. The number of carbonyl (C=O) groups is 2. The number of likely N-dealkylation sites (tertiary alicyclic amines) is 2. The van der Waals surface area contributed by atoms with Crippen LogP contribution in [-0.4, -0.2) is 68.7 Å². The third-order valence-electron chi connectivity index (χ3n) is 7.13. The van der Waals surface area contributed by atoms with Crippen LogP contribution in [0.5, 0.6) is 0 Å². The second-order valence-corrected chi connectivity index (χ2v) is 10.9. The Kier molecular flexibility index (Phi) is 7.28. The molecule has 3 fully saturated rings. The van der Waals surface area contributed by atoms with E-state index in [1.54, 1.807) is 11.3 Å². The molecule has 2 aliphatic heterocycles. The molecular weight excluding hydrogens is 481 g/mol. The van der Waals surface area contributed by atoms with E-state index in [1.807, 2.05) is 6.33 Å². The number of nitrogens with zero attached hydrogens (tertiary/aromatic N) is 4. The Balaban J connectivity index is 0.000000364. The van der Waals surface area contributed by atoms with Crippen LogP contribution in [0.15, 0.2) is 29.4 Å². The summed E-state index contributed by atoms with van der Waals surface area (Å²) < 4.78 is 33.9. The first kappa shape index (κ1) is 25.7. The molecule has 0 bridgehead atoms. The third-order valence-corrected chi connectivity index (χ3v) is 7.87. The van der Waals surface area contributed by atoms with Gasteiger partial charge in [0.15, 0.2) is 0 Å². The molecular formula is C24H31F3N4O3S. The molecule has 192 valence electrons. The van der Waals surface area contributed by atoms with Crippen molar-refractivity contribution in [2.75, 3.05) is 26.2 Å². The van der Waals surface area contributed by atoms with Crippen LogP contribution in [-0.2, 0) is 16.1 Å². The highest BCUT2D eigenvalue weighted by Crippen LogP contribution is 2.50. The molecule has 1 amide bonds. The molecule has 1 saturated carbocycles. The number of alkyl halides is 3. The third kappa shape index (κ3) is 5.72. The van der Waals surface area contributed by atoms with Gasteiger partial charge in [-0.05, 0) is 61.4 Å². The van der Waals surface area contributed by atoms with Crippen LogP contribution in [0.3, 0.4) is 0 Å². The lowest BCUT2D eigenvalue weighted by molar-refractivity contribution is -0.192. The average Bonchev–Trinajstić information content (AvgIpc) is 3.18. The van der Waals surface area contributed by atoms with E-state index in [0.717, 1.165) is 50.8 Å². The largest absolute Gasteiger partial charge is 0.490 e. The quantitative estimate of drug-likeness (QED) is 0.621. The van der Waals surface area contributed by atoms with E-state index >= 15 is 0 Å². The number of halogens is 3. The molecule has 2 atom stereocenters. The van der Waals surface area contributed by atoms with E-state index in [9.17, 15) is 18.0 Å². The molecule has 5 rings (SSSR count). The van der Waals surface area contributed by atoms with Gasteiger partial charge in [-0.25, -0.2) is 9.78 Å². The van der Waals surface area contributed by atoms with Crippen molar-refractivity contribution in [3.05, 3.63) is 40.6 Å². The molecule has 3 aliphatic rings. The number of carboxylic acid groups (broad SMARTS) is 1. The first-order valence-electron chi connectivity index (χ1n) is 11.9. The summed E-state index contributed by atoms with van der Waals surface area (Å²) in [6.07, 6.45) is 2.60. The fourth-order valence-electron chi connectivity index (χ4n) is 5.07. The maximum atomic E-state index is 13.6. The smallest absolute Gasteiger partial charge is 0.475 e. The van der Waals surface area contributed by atoms with E-state index in [0.29, 0.717) is 11.9 Å². The molecule has 35 heavy (non-hydrogen) atoms. The molecule has 2 unspecified atom stereocenters. The van der Waals surface area contributed by atoms with E-state index < -0.39 is 12.1 Å². The molecule has 1 spiro atoms. The Labute approximate surface area is 206 Å². The molecule has 1 N–H and O–H groups in total. The summed E-state index contributed by atoms with van der Waals surface area (Å²) in [6, 6.07) is 2.60. The Morgan fingerprint density at radius 1 is 1.34 bits per heavy atom. The lowest BCUT2D eigenvalue weighted by Gasteiger charge is -2.28. The normalized spacial score (nSPS) is 24.9. The van der Waals surface area contributed by atoms with Gasteiger partial charge in [-0.1, -0.05) is 0 Å². The Morgan fingerprint density at radius 2 is 2.06 bits per heavy atom. The number of imidazole rings is 1. The standard InChI is InChI=1S/C22H30N4OS.C2HF3O2/c1-16(2)26-12-20(23-15-26)19-11-24(9-18-5-8-28-13-18)14-22(19)6-7-25(21(22)27)10-17-3-4-17;3-2(4,5)1(6)7/h5,8,12-13,15-17,19H,3-4,6-7,9-11,14H2,1-2H3;(H,6,7). The predicted octanol–water partition coefficient (Wildman–Crippen LogP) is 4.39. The second-order valence-electron chi connectivity index (χ2n) is 10.1. The predicted molar refractivity (Wildman–Crippen MR) is 125 cm³/mol. The number of carbonyl (C=O) groups excluding carboxylic acids is 1. The van der Waals surface area contributed by atoms with Crippen LogP contribution in [0.25, 0.3) is 0 Å². The highest BCUT2D eigenvalue weighted by molar-refractivity contribution is 7.07. The highest BCUT2D eigenvalue weighted by atomic mass is 32.1. The monoisotopic (exact) mass is 512 g/mol. The van der Waals surface area contributed by atoms with Crippen molar-refractivity contribution in [1.29, 1.82) is 0 Å². The van der Waals surface area contributed by atoms with Crippen LogP contribution in [0.4, 0.5) is 13.2 Å². The number of hydrogen-bond acceptors (Lipinski definition) is 5. The summed E-state index contributed by atoms with van der Waals surface area (Å²) >= 11 is 1.75. The molecule has 7 nitrogen and oxygen atoms in total. The van der Waals surface area contributed by atoms with Gasteiger partial charge in [0, 0.05) is 50.9 Å². The molecule has 0 aromatic carbocycles. The average molecular weight is 513 g/mol. The Hall–Kier alpha value is -2.40. The molecule has 2 aromatic rings. The Morgan fingerprint density at radius 3 is 2.60 bits per heavy atom. The van der Waals surface area contributed by atoms with Crippen molar-refractivity contribution < 1.29 is 27.9 Å². The van der Waals surface area contributed by atoms with Crippen molar-refractivity contribution in [1.82, 2.24) is 19.4 Å². The first-order chi connectivity index (χ1) is 16.5. The van der Waals surface area contributed by atoms with Gasteiger partial charge in [0.2, 0.25) is 5.91 Å². The highest BCUT2D eigenvalue weighted by Gasteiger charge is 2.58. The summed E-state index contributed by atoms with van der Waals surface area (Å²) in [6.45, 7) is 8.97. The number of thiophene rings is 1. The molecule has 11 heteroatoms. The van der Waals surface area contributed by atoms with Crippen molar-refractivity contribution >= 4 is 23.2 Å². The van der Waals surface area contributed by atoms with Crippen molar-refractivity contribution in [3.8, 4) is 0 Å². The molecule has 2 aromatic heterocycles. The summed E-state index contributed by atoms with van der Waals surface area (Å²) in [5.41, 5.74) is 2.16. The SMILES string of the molecule is CC(C)n1cnc(C2CN(Cc3ccsc3)CC23CCN(CC2CC2)C3=O)c1.O=C(O)C(F)(F)F. The van der Waals surface area contributed by atoms with Crippen LogP contribution in [0, 0.1) is 11.3 Å². The van der Waals surface area contributed by atoms with Gasteiger partial charge in [-0.2, -0.15) is 24.5 Å². The summed E-state index contributed by atoms with van der Waals surface area (Å²) in [7, 11) is 0. The van der Waals surface area contributed by atoms with Gasteiger partial charge in [-0.3, -0.25) is 9.69 Å². The Bertz CT molecular complexity index is 1040. The van der Waals surface area contributed by atoms with Gasteiger partial charge >= 0.3 is 12.1 Å². The van der Waals surface area contributed by atoms with Crippen molar-refractivity contribution in [2.24, 2.45) is 11.3 Å². The summed E-state index contributed by atoms with van der Waals surface area (Å²) in [5.74, 6) is -1.42. The molecule has 1 aliphatic carbocycles. The molecule has 2 saturated heterocycles. The first-order valence-corrected chi connectivity index (χ1v) is 12.8. The fraction of sp³-hybridized carbons (Fsp3) is 0.625. The number of amides is 1. The number of rotatable bonds is 6. The number of hydrogen-bond donors (Lipinski definition) is 1. The van der Waals surface area contributed by atoms with Gasteiger partial charge in [0.05, 0.1) is 17.4 Å². The maximum Gasteiger partial charge on any atom is 0.490 e. The minimum atomic E-state index is -5.08. The van der Waals surface area contributed by atoms with Gasteiger partial charge in [-0.15, -0.1) is 0 Å². The topological polar surface area (TPSA) is 78.7 Å². The van der Waals surface area contributed by atoms with E-state index in [1.165, 1.54) is 18.4 Å². The van der Waals surface area contributed by atoms with Gasteiger partial charge < -0.3 is 14.6 Å². The lowest BCUT2D eigenvalue weighted by Crippen LogP contribution is -2.40. The van der Waals surface area contributed by atoms with Crippen LogP contribution >= 0.6 is 11.3 Å². The van der Waals surface area contributed by atoms with Gasteiger partial charge in [0.25, 0.3) is 0 Å². The van der Waals surface area contributed by atoms with Crippen molar-refractivity contribution in [2.45, 2.75) is 57.8 Å². The molecule has 4 heterocycles. The second kappa shape index (κ2) is 9.93. The van der Waals surface area contributed by atoms with Crippen molar-refractivity contribution in [3.63, 3.8) is 0 Å². The zero-order chi connectivity index (χ0) is 25.4. The van der Waals surface area contributed by atoms with Crippen LogP contribution in [0.1, 0.15) is 56.3 Å². The maximum absolute atomic E-state index is 13.6. The summed E-state index contributed by atoms with van der Waals surface area (Å²) in [4.78, 5) is 31.9. The number of aliphatic carboxylic acids is 1.